The molecule has 2 N–H and O–H groups in total. The second kappa shape index (κ2) is 6.27. The summed E-state index contributed by atoms with van der Waals surface area (Å²) in [7, 11) is 0. The fourth-order valence-corrected chi connectivity index (χ4v) is 2.01. The molecule has 1 aromatic carbocycles. The van der Waals surface area contributed by atoms with Gasteiger partial charge in [0.1, 0.15) is 6.04 Å². The Bertz CT molecular complexity index is 850. The van der Waals surface area contributed by atoms with Gasteiger partial charge >= 0.3 is 0 Å². The van der Waals surface area contributed by atoms with Crippen molar-refractivity contribution in [3.8, 4) is 11.4 Å². The van der Waals surface area contributed by atoms with Crippen LogP contribution < -0.4 is 10.9 Å². The largest absolute Gasteiger partial charge is 0.341 e. The molecule has 7 heteroatoms. The smallest absolute Gasteiger partial charge is 0.251 e. The summed E-state index contributed by atoms with van der Waals surface area (Å²) in [6.45, 7) is 1.75. The van der Waals surface area contributed by atoms with Gasteiger partial charge in [0.15, 0.2) is 0 Å². The molecule has 0 unspecified atom stereocenters. The second-order valence-electron chi connectivity index (χ2n) is 4.96. The van der Waals surface area contributed by atoms with E-state index in [1.165, 1.54) is 12.3 Å². The lowest BCUT2D eigenvalue weighted by Gasteiger charge is -2.09. The highest BCUT2D eigenvalue weighted by atomic mass is 16.5. The van der Waals surface area contributed by atoms with Crippen LogP contribution in [0.2, 0.25) is 0 Å². The van der Waals surface area contributed by atoms with Gasteiger partial charge in [0.2, 0.25) is 17.3 Å². The summed E-state index contributed by atoms with van der Waals surface area (Å²) in [5.74, 6) is 0.412. The van der Waals surface area contributed by atoms with Crippen molar-refractivity contribution < 1.29 is 9.32 Å². The van der Waals surface area contributed by atoms with Crippen molar-refractivity contribution in [3.05, 3.63) is 70.5 Å². The van der Waals surface area contributed by atoms with E-state index in [0.29, 0.717) is 17.0 Å². The van der Waals surface area contributed by atoms with E-state index in [1.807, 2.05) is 6.07 Å². The fraction of sp³-hybridized carbons (Fsp3) is 0.125. The molecule has 0 saturated carbocycles. The SMILES string of the molecule is C[C@H](NC(=O)c1ccccc1)c1nc(-c2ccc(=O)[nH]c2)no1. The molecular weight excluding hydrogens is 296 g/mol. The topological polar surface area (TPSA) is 101 Å². The molecule has 0 aliphatic heterocycles. The number of amides is 1. The summed E-state index contributed by atoms with van der Waals surface area (Å²) in [5, 5.41) is 6.65. The van der Waals surface area contributed by atoms with Gasteiger partial charge in [-0.05, 0) is 25.1 Å². The third-order valence-corrected chi connectivity index (χ3v) is 3.24. The Hall–Kier alpha value is -3.22. The highest BCUT2D eigenvalue weighted by Crippen LogP contribution is 2.17. The molecule has 116 valence electrons. The summed E-state index contributed by atoms with van der Waals surface area (Å²) < 4.78 is 5.18. The number of rotatable bonds is 4. The Morgan fingerprint density at radius 2 is 2.00 bits per heavy atom. The standard InChI is InChI=1S/C16H14N4O3/c1-10(18-15(22)11-5-3-2-4-6-11)16-19-14(20-23-16)12-7-8-13(21)17-9-12/h2-10H,1H3,(H,17,21)(H,18,22)/t10-/m0/s1. The second-order valence-corrected chi connectivity index (χ2v) is 4.96. The molecule has 0 spiro atoms. The van der Waals surface area contributed by atoms with Crippen molar-refractivity contribution >= 4 is 5.91 Å². The van der Waals surface area contributed by atoms with Crippen LogP contribution in [-0.4, -0.2) is 21.0 Å². The minimum absolute atomic E-state index is 0.207. The van der Waals surface area contributed by atoms with Crippen LogP contribution in [0.5, 0.6) is 0 Å². The van der Waals surface area contributed by atoms with E-state index in [2.05, 4.69) is 20.4 Å². The molecule has 0 saturated heterocycles. The molecule has 0 aliphatic rings. The van der Waals surface area contributed by atoms with Crippen molar-refractivity contribution in [2.24, 2.45) is 0 Å². The minimum atomic E-state index is -0.438. The number of hydrogen-bond acceptors (Lipinski definition) is 5. The van der Waals surface area contributed by atoms with E-state index in [1.54, 1.807) is 37.3 Å². The van der Waals surface area contributed by atoms with Crippen LogP contribution in [0.3, 0.4) is 0 Å². The fourth-order valence-electron chi connectivity index (χ4n) is 2.01. The maximum Gasteiger partial charge on any atom is 0.251 e. The van der Waals surface area contributed by atoms with Crippen molar-refractivity contribution in [2.45, 2.75) is 13.0 Å². The number of H-pyrrole nitrogens is 1. The first-order valence-corrected chi connectivity index (χ1v) is 7.02. The van der Waals surface area contributed by atoms with Gasteiger partial charge in [0.05, 0.1) is 0 Å². The van der Waals surface area contributed by atoms with Gasteiger partial charge in [0, 0.05) is 23.4 Å². The number of nitrogens with zero attached hydrogens (tertiary/aromatic N) is 2. The lowest BCUT2D eigenvalue weighted by molar-refractivity contribution is 0.0932. The van der Waals surface area contributed by atoms with Crippen LogP contribution in [-0.2, 0) is 0 Å². The Labute approximate surface area is 131 Å². The third kappa shape index (κ3) is 3.34. The van der Waals surface area contributed by atoms with Crippen LogP contribution in [0.25, 0.3) is 11.4 Å². The van der Waals surface area contributed by atoms with E-state index in [-0.39, 0.29) is 17.4 Å². The van der Waals surface area contributed by atoms with Gasteiger partial charge < -0.3 is 14.8 Å². The van der Waals surface area contributed by atoms with E-state index in [9.17, 15) is 9.59 Å². The zero-order chi connectivity index (χ0) is 16.2. The molecule has 2 aromatic heterocycles. The predicted octanol–water partition coefficient (Wildman–Crippen LogP) is 1.92. The first-order chi connectivity index (χ1) is 11.1. The van der Waals surface area contributed by atoms with Crippen LogP contribution in [0.15, 0.2) is 58.0 Å². The molecule has 3 rings (SSSR count). The first kappa shape index (κ1) is 14.7. The van der Waals surface area contributed by atoms with E-state index < -0.39 is 6.04 Å². The lowest BCUT2D eigenvalue weighted by atomic mass is 10.2. The Balaban J connectivity index is 1.73. The summed E-state index contributed by atoms with van der Waals surface area (Å²) in [5.41, 5.74) is 0.974. The van der Waals surface area contributed by atoms with Crippen LogP contribution in [0, 0.1) is 0 Å². The molecule has 23 heavy (non-hydrogen) atoms. The number of aromatic nitrogens is 3. The van der Waals surface area contributed by atoms with Gasteiger partial charge in [-0.25, -0.2) is 0 Å². The molecule has 2 heterocycles. The summed E-state index contributed by atoms with van der Waals surface area (Å²) >= 11 is 0. The van der Waals surface area contributed by atoms with Crippen molar-refractivity contribution in [2.75, 3.05) is 0 Å². The number of aromatic amines is 1. The number of benzene rings is 1. The monoisotopic (exact) mass is 310 g/mol. The first-order valence-electron chi connectivity index (χ1n) is 7.02. The van der Waals surface area contributed by atoms with Crippen LogP contribution >= 0.6 is 0 Å². The average Bonchev–Trinajstić information content (AvgIpc) is 3.06. The molecule has 1 amide bonds. The normalized spacial score (nSPS) is 11.9. The number of nitrogens with one attached hydrogen (secondary N) is 2. The van der Waals surface area contributed by atoms with Gasteiger partial charge in [0.25, 0.3) is 5.91 Å². The molecule has 7 nitrogen and oxygen atoms in total. The quantitative estimate of drug-likeness (QED) is 0.766. The number of hydrogen-bond donors (Lipinski definition) is 2. The summed E-state index contributed by atoms with van der Waals surface area (Å²) in [6, 6.07) is 11.4. The predicted molar refractivity (Wildman–Crippen MR) is 82.7 cm³/mol. The van der Waals surface area contributed by atoms with Gasteiger partial charge in [-0.3, -0.25) is 9.59 Å². The van der Waals surface area contributed by atoms with Crippen LogP contribution in [0.1, 0.15) is 29.2 Å². The highest BCUT2D eigenvalue weighted by molar-refractivity contribution is 5.94. The van der Waals surface area contributed by atoms with Gasteiger partial charge in [-0.15, -0.1) is 0 Å². The molecule has 0 radical (unpaired) electrons. The van der Waals surface area contributed by atoms with Gasteiger partial charge in [-0.1, -0.05) is 23.4 Å². The van der Waals surface area contributed by atoms with E-state index in [4.69, 9.17) is 4.52 Å². The molecule has 0 bridgehead atoms. The highest BCUT2D eigenvalue weighted by Gasteiger charge is 2.18. The molecule has 0 aliphatic carbocycles. The van der Waals surface area contributed by atoms with E-state index >= 15 is 0 Å². The molecule has 0 fully saturated rings. The number of pyridine rings is 1. The Morgan fingerprint density at radius 1 is 1.22 bits per heavy atom. The maximum absolute atomic E-state index is 12.1. The molecule has 3 aromatic rings. The average molecular weight is 310 g/mol. The zero-order valence-electron chi connectivity index (χ0n) is 12.3. The van der Waals surface area contributed by atoms with Crippen LogP contribution in [0.4, 0.5) is 0 Å². The van der Waals surface area contributed by atoms with E-state index in [0.717, 1.165) is 0 Å². The van der Waals surface area contributed by atoms with Crippen molar-refractivity contribution in [3.63, 3.8) is 0 Å². The summed E-state index contributed by atoms with van der Waals surface area (Å²) in [6.07, 6.45) is 1.50. The number of carbonyl (C=O) groups excluding carboxylic acids is 1. The lowest BCUT2D eigenvalue weighted by Crippen LogP contribution is -2.26. The Morgan fingerprint density at radius 3 is 2.70 bits per heavy atom. The van der Waals surface area contributed by atoms with Crippen molar-refractivity contribution in [1.29, 1.82) is 0 Å². The molecular formula is C16H14N4O3. The molecule has 1 atom stereocenters. The minimum Gasteiger partial charge on any atom is -0.341 e. The van der Waals surface area contributed by atoms with Gasteiger partial charge in [-0.2, -0.15) is 4.98 Å². The number of carbonyl (C=O) groups is 1. The Kier molecular flexibility index (Phi) is 4.01. The van der Waals surface area contributed by atoms with Crippen molar-refractivity contribution in [1.82, 2.24) is 20.4 Å². The third-order valence-electron chi connectivity index (χ3n) is 3.24. The maximum atomic E-state index is 12.1. The summed E-state index contributed by atoms with van der Waals surface area (Å²) in [4.78, 5) is 29.9. The zero-order valence-corrected chi connectivity index (χ0v) is 12.3.